The molecule has 2 aromatic rings. The van der Waals surface area contributed by atoms with Gasteiger partial charge in [-0.2, -0.15) is 5.26 Å². The van der Waals surface area contributed by atoms with Gasteiger partial charge >= 0.3 is 0 Å². The van der Waals surface area contributed by atoms with Gasteiger partial charge in [0.1, 0.15) is 0 Å². The molecule has 0 bridgehead atoms. The van der Waals surface area contributed by atoms with Crippen LogP contribution in [0, 0.1) is 11.3 Å². The summed E-state index contributed by atoms with van der Waals surface area (Å²) in [5.41, 5.74) is 3.21. The van der Waals surface area contributed by atoms with Crippen LogP contribution in [0.15, 0.2) is 24.4 Å². The Balaban J connectivity index is 0.00000176. The van der Waals surface area contributed by atoms with E-state index in [9.17, 15) is 0 Å². The highest BCUT2D eigenvalue weighted by Crippen LogP contribution is 2.21. The first-order chi connectivity index (χ1) is 10.4. The van der Waals surface area contributed by atoms with E-state index < -0.39 is 0 Å². The highest BCUT2D eigenvalue weighted by atomic mass is 35.5. The Morgan fingerprint density at radius 2 is 2.00 bits per heavy atom. The van der Waals surface area contributed by atoms with Gasteiger partial charge in [0.05, 0.1) is 11.6 Å². The van der Waals surface area contributed by atoms with Crippen LogP contribution in [0.4, 0.5) is 0 Å². The lowest BCUT2D eigenvalue weighted by molar-refractivity contribution is 0.237. The summed E-state index contributed by atoms with van der Waals surface area (Å²) in [6, 6.07) is 8.08. The molecular formula is C17H23ClN4. The zero-order valence-electron chi connectivity index (χ0n) is 12.8. The van der Waals surface area contributed by atoms with E-state index in [1.165, 1.54) is 43.4 Å². The van der Waals surface area contributed by atoms with Crippen LogP contribution in [0.2, 0.25) is 0 Å². The van der Waals surface area contributed by atoms with Crippen molar-refractivity contribution >= 4 is 23.3 Å². The number of fused-ring (bicyclic) bond motifs is 1. The largest absolute Gasteiger partial charge is 0.361 e. The molecule has 0 unspecified atom stereocenters. The van der Waals surface area contributed by atoms with Crippen molar-refractivity contribution in [1.29, 1.82) is 5.26 Å². The maximum atomic E-state index is 9.01. The Labute approximate surface area is 137 Å². The van der Waals surface area contributed by atoms with Crippen LogP contribution in [0.1, 0.15) is 24.0 Å². The Kier molecular flexibility index (Phi) is 6.26. The molecule has 0 amide bonds. The number of halogens is 1. The lowest BCUT2D eigenvalue weighted by atomic mass is 10.1. The second-order valence-electron chi connectivity index (χ2n) is 5.73. The fourth-order valence-corrected chi connectivity index (χ4v) is 3.04. The molecule has 3 rings (SSSR count). The lowest BCUT2D eigenvalue weighted by Gasteiger charge is -2.26. The van der Waals surface area contributed by atoms with Crippen molar-refractivity contribution in [1.82, 2.24) is 15.2 Å². The number of piperazine rings is 1. The van der Waals surface area contributed by atoms with Crippen molar-refractivity contribution in [2.75, 3.05) is 32.7 Å². The summed E-state index contributed by atoms with van der Waals surface area (Å²) in [4.78, 5) is 5.84. The fraction of sp³-hybridized carbons (Fsp3) is 0.471. The zero-order valence-corrected chi connectivity index (χ0v) is 13.6. The third kappa shape index (κ3) is 4.01. The Morgan fingerprint density at radius 3 is 2.77 bits per heavy atom. The molecule has 0 aliphatic carbocycles. The average molecular weight is 319 g/mol. The molecule has 1 fully saturated rings. The summed E-state index contributed by atoms with van der Waals surface area (Å²) < 4.78 is 0. The minimum atomic E-state index is 0. The zero-order chi connectivity index (χ0) is 14.5. The summed E-state index contributed by atoms with van der Waals surface area (Å²) in [6.07, 6.45) is 5.62. The van der Waals surface area contributed by atoms with Crippen LogP contribution >= 0.6 is 12.4 Å². The number of aromatic amines is 1. The molecule has 0 spiro atoms. The SMILES string of the molecule is Cl.N#Cc1ccc2[nH]cc(CCCCN3CCNCC3)c2c1. The first kappa shape index (κ1) is 16.8. The number of H-pyrrole nitrogens is 1. The van der Waals surface area contributed by atoms with Crippen LogP contribution in [0.5, 0.6) is 0 Å². The molecule has 1 aliphatic heterocycles. The van der Waals surface area contributed by atoms with Gasteiger partial charge in [0.25, 0.3) is 0 Å². The number of nitrogens with one attached hydrogen (secondary N) is 2. The summed E-state index contributed by atoms with van der Waals surface area (Å²) in [6.45, 7) is 5.81. The maximum absolute atomic E-state index is 9.01. The van der Waals surface area contributed by atoms with E-state index in [0.717, 1.165) is 30.6 Å². The van der Waals surface area contributed by atoms with Gasteiger partial charge in [-0.3, -0.25) is 0 Å². The van der Waals surface area contributed by atoms with Gasteiger partial charge in [0, 0.05) is 43.3 Å². The molecule has 22 heavy (non-hydrogen) atoms. The molecule has 1 aliphatic rings. The molecule has 118 valence electrons. The molecule has 5 heteroatoms. The third-order valence-electron chi connectivity index (χ3n) is 4.28. The summed E-state index contributed by atoms with van der Waals surface area (Å²) in [5, 5.41) is 13.6. The van der Waals surface area contributed by atoms with Crippen LogP contribution < -0.4 is 5.32 Å². The van der Waals surface area contributed by atoms with E-state index in [4.69, 9.17) is 5.26 Å². The quantitative estimate of drug-likeness (QED) is 0.833. The first-order valence-corrected chi connectivity index (χ1v) is 7.80. The number of hydrogen-bond donors (Lipinski definition) is 2. The number of aromatic nitrogens is 1. The number of unbranched alkanes of at least 4 members (excludes halogenated alkanes) is 1. The third-order valence-corrected chi connectivity index (χ3v) is 4.28. The minimum Gasteiger partial charge on any atom is -0.361 e. The molecule has 0 saturated carbocycles. The van der Waals surface area contributed by atoms with E-state index >= 15 is 0 Å². The predicted octanol–water partition coefficient (Wildman–Crippen LogP) is 2.69. The van der Waals surface area contributed by atoms with Gasteiger partial charge in [-0.25, -0.2) is 0 Å². The number of hydrogen-bond acceptors (Lipinski definition) is 3. The summed E-state index contributed by atoms with van der Waals surface area (Å²) in [7, 11) is 0. The number of aryl methyl sites for hydroxylation is 1. The number of nitriles is 1. The van der Waals surface area contributed by atoms with E-state index in [-0.39, 0.29) is 12.4 Å². The maximum Gasteiger partial charge on any atom is 0.0991 e. The van der Waals surface area contributed by atoms with Gasteiger partial charge < -0.3 is 15.2 Å². The van der Waals surface area contributed by atoms with Gasteiger partial charge in [-0.05, 0) is 49.6 Å². The Morgan fingerprint density at radius 1 is 1.18 bits per heavy atom. The van der Waals surface area contributed by atoms with Crippen molar-refractivity contribution in [2.24, 2.45) is 0 Å². The van der Waals surface area contributed by atoms with E-state index in [1.807, 2.05) is 18.2 Å². The van der Waals surface area contributed by atoms with Crippen molar-refractivity contribution in [3.63, 3.8) is 0 Å². The smallest absolute Gasteiger partial charge is 0.0991 e. The van der Waals surface area contributed by atoms with Gasteiger partial charge in [-0.15, -0.1) is 12.4 Å². The topological polar surface area (TPSA) is 54.9 Å². The molecule has 1 aromatic heterocycles. The predicted molar refractivity (Wildman–Crippen MR) is 92.5 cm³/mol. The van der Waals surface area contributed by atoms with Crippen molar-refractivity contribution in [2.45, 2.75) is 19.3 Å². The minimum absolute atomic E-state index is 0. The highest BCUT2D eigenvalue weighted by molar-refractivity contribution is 5.85. The van der Waals surface area contributed by atoms with Crippen LogP contribution in [0.25, 0.3) is 10.9 Å². The number of rotatable bonds is 5. The lowest BCUT2D eigenvalue weighted by Crippen LogP contribution is -2.43. The van der Waals surface area contributed by atoms with Crippen molar-refractivity contribution in [3.05, 3.63) is 35.5 Å². The summed E-state index contributed by atoms with van der Waals surface area (Å²) >= 11 is 0. The van der Waals surface area contributed by atoms with Gasteiger partial charge in [0.2, 0.25) is 0 Å². The van der Waals surface area contributed by atoms with Gasteiger partial charge in [0.15, 0.2) is 0 Å². The molecule has 1 saturated heterocycles. The molecule has 0 atom stereocenters. The second-order valence-corrected chi connectivity index (χ2v) is 5.73. The standard InChI is InChI=1S/C17H22N4.ClH/c18-12-14-4-5-17-16(11-14)15(13-20-17)3-1-2-8-21-9-6-19-7-10-21;/h4-5,11,13,19-20H,1-3,6-10H2;1H. The monoisotopic (exact) mass is 318 g/mol. The average Bonchev–Trinajstić information content (AvgIpc) is 2.95. The molecule has 2 N–H and O–H groups in total. The van der Waals surface area contributed by atoms with E-state index in [1.54, 1.807) is 0 Å². The Hall–Kier alpha value is -1.54. The Bertz CT molecular complexity index is 638. The molecule has 2 heterocycles. The van der Waals surface area contributed by atoms with Crippen LogP contribution in [-0.2, 0) is 6.42 Å². The van der Waals surface area contributed by atoms with Crippen LogP contribution in [0.3, 0.4) is 0 Å². The van der Waals surface area contributed by atoms with E-state index in [2.05, 4.69) is 27.5 Å². The first-order valence-electron chi connectivity index (χ1n) is 7.80. The van der Waals surface area contributed by atoms with Gasteiger partial charge in [-0.1, -0.05) is 0 Å². The van der Waals surface area contributed by atoms with E-state index in [0.29, 0.717) is 0 Å². The highest BCUT2D eigenvalue weighted by Gasteiger charge is 2.09. The molecule has 4 nitrogen and oxygen atoms in total. The van der Waals surface area contributed by atoms with Crippen molar-refractivity contribution < 1.29 is 0 Å². The molecular weight excluding hydrogens is 296 g/mol. The molecule has 1 aromatic carbocycles. The number of nitrogens with zero attached hydrogens (tertiary/aromatic N) is 2. The second kappa shape index (κ2) is 8.19. The fourth-order valence-electron chi connectivity index (χ4n) is 3.04. The number of benzene rings is 1. The molecule has 0 radical (unpaired) electrons. The normalized spacial score (nSPS) is 15.4. The summed E-state index contributed by atoms with van der Waals surface area (Å²) in [5.74, 6) is 0. The van der Waals surface area contributed by atoms with Crippen LogP contribution in [-0.4, -0.2) is 42.6 Å². The van der Waals surface area contributed by atoms with Crippen molar-refractivity contribution in [3.8, 4) is 6.07 Å².